The summed E-state index contributed by atoms with van der Waals surface area (Å²) < 4.78 is 0. The van der Waals surface area contributed by atoms with Gasteiger partial charge in [-0.3, -0.25) is 0 Å². The van der Waals surface area contributed by atoms with Crippen LogP contribution >= 0.6 is 0 Å². The fourth-order valence-electron chi connectivity index (χ4n) is 2.13. The summed E-state index contributed by atoms with van der Waals surface area (Å²) in [6, 6.07) is 16.9. The molecule has 1 unspecified atom stereocenters. The zero-order valence-corrected chi connectivity index (χ0v) is 11.9. The summed E-state index contributed by atoms with van der Waals surface area (Å²) in [6.45, 7) is 2.16. The highest BCUT2D eigenvalue weighted by atomic mass is 15.1. The molecule has 0 aliphatic heterocycles. The molecule has 0 bridgehead atoms. The lowest BCUT2D eigenvalue weighted by Gasteiger charge is -2.16. The van der Waals surface area contributed by atoms with E-state index in [0.717, 1.165) is 17.5 Å². The third-order valence-corrected chi connectivity index (χ3v) is 3.52. The molecule has 0 aromatic heterocycles. The number of hydrogen-bond donors (Lipinski definition) is 1. The average molecular weight is 254 g/mol. The summed E-state index contributed by atoms with van der Waals surface area (Å²) in [5.74, 6) is 0. The molecule has 0 amide bonds. The number of nitrogens with two attached hydrogens (primary N) is 1. The summed E-state index contributed by atoms with van der Waals surface area (Å²) >= 11 is 0. The quantitative estimate of drug-likeness (QED) is 0.906. The first kappa shape index (κ1) is 13.6. The maximum Gasteiger partial charge on any atom is 0.0551 e. The molecule has 100 valence electrons. The van der Waals surface area contributed by atoms with Crippen LogP contribution in [-0.2, 0) is 6.42 Å². The van der Waals surface area contributed by atoms with Gasteiger partial charge < -0.3 is 10.6 Å². The third-order valence-electron chi connectivity index (χ3n) is 3.52. The maximum atomic E-state index is 6.32. The Bertz CT molecular complexity index is 512. The molecule has 1 atom stereocenters. The lowest BCUT2D eigenvalue weighted by Crippen LogP contribution is -2.13. The fourth-order valence-corrected chi connectivity index (χ4v) is 2.13. The van der Waals surface area contributed by atoms with E-state index in [9.17, 15) is 0 Å². The molecule has 0 fully saturated rings. The third kappa shape index (κ3) is 3.15. The van der Waals surface area contributed by atoms with Gasteiger partial charge in [-0.1, -0.05) is 43.3 Å². The van der Waals surface area contributed by atoms with Crippen molar-refractivity contribution >= 4 is 5.69 Å². The Morgan fingerprint density at radius 1 is 0.895 bits per heavy atom. The zero-order chi connectivity index (χ0) is 13.8. The molecule has 2 rings (SSSR count). The number of benzene rings is 2. The van der Waals surface area contributed by atoms with E-state index in [1.807, 2.05) is 14.1 Å². The number of rotatable bonds is 4. The van der Waals surface area contributed by atoms with Gasteiger partial charge in [-0.05, 0) is 35.2 Å². The van der Waals surface area contributed by atoms with Crippen molar-refractivity contribution in [1.29, 1.82) is 0 Å². The molecular weight excluding hydrogens is 232 g/mol. The standard InChI is InChI=1S/C17H22N2/c1-4-13-5-7-14(8-6-13)17(18)15-9-11-16(12-10-15)19(2)3/h5-12,17H,4,18H2,1-3H3. The van der Waals surface area contributed by atoms with Gasteiger partial charge in [-0.25, -0.2) is 0 Å². The Morgan fingerprint density at radius 3 is 1.79 bits per heavy atom. The fraction of sp³-hybridized carbons (Fsp3) is 0.294. The van der Waals surface area contributed by atoms with Crippen molar-refractivity contribution in [2.24, 2.45) is 5.73 Å². The predicted molar refractivity (Wildman–Crippen MR) is 82.6 cm³/mol. The van der Waals surface area contributed by atoms with Crippen LogP contribution in [0.3, 0.4) is 0 Å². The van der Waals surface area contributed by atoms with Crippen molar-refractivity contribution in [1.82, 2.24) is 0 Å². The van der Waals surface area contributed by atoms with Crippen LogP contribution in [0.1, 0.15) is 29.7 Å². The normalized spacial score (nSPS) is 12.2. The van der Waals surface area contributed by atoms with E-state index in [-0.39, 0.29) is 6.04 Å². The van der Waals surface area contributed by atoms with Crippen LogP contribution in [0.4, 0.5) is 5.69 Å². The van der Waals surface area contributed by atoms with Gasteiger partial charge >= 0.3 is 0 Å². The average Bonchev–Trinajstić information content (AvgIpc) is 2.46. The van der Waals surface area contributed by atoms with E-state index in [4.69, 9.17) is 5.73 Å². The topological polar surface area (TPSA) is 29.3 Å². The second-order valence-electron chi connectivity index (χ2n) is 5.06. The van der Waals surface area contributed by atoms with E-state index in [0.29, 0.717) is 0 Å². The monoisotopic (exact) mass is 254 g/mol. The van der Waals surface area contributed by atoms with Crippen molar-refractivity contribution in [3.05, 3.63) is 65.2 Å². The molecule has 0 saturated carbocycles. The molecule has 19 heavy (non-hydrogen) atoms. The number of hydrogen-bond acceptors (Lipinski definition) is 2. The molecule has 0 saturated heterocycles. The van der Waals surface area contributed by atoms with Crippen LogP contribution in [0.25, 0.3) is 0 Å². The van der Waals surface area contributed by atoms with Gasteiger partial charge in [0, 0.05) is 19.8 Å². The van der Waals surface area contributed by atoms with Crippen molar-refractivity contribution in [3.63, 3.8) is 0 Å². The van der Waals surface area contributed by atoms with Crippen molar-refractivity contribution in [2.45, 2.75) is 19.4 Å². The highest BCUT2D eigenvalue weighted by molar-refractivity contribution is 5.47. The van der Waals surface area contributed by atoms with Gasteiger partial charge in [0.2, 0.25) is 0 Å². The van der Waals surface area contributed by atoms with Gasteiger partial charge in [0.25, 0.3) is 0 Å². The second kappa shape index (κ2) is 5.89. The Labute approximate surface area is 115 Å². The molecule has 0 aliphatic carbocycles. The maximum absolute atomic E-state index is 6.32. The van der Waals surface area contributed by atoms with E-state index < -0.39 is 0 Å². The highest BCUT2D eigenvalue weighted by Gasteiger charge is 2.08. The Balaban J connectivity index is 2.20. The van der Waals surface area contributed by atoms with Crippen molar-refractivity contribution in [3.8, 4) is 0 Å². The Hall–Kier alpha value is -1.80. The van der Waals surface area contributed by atoms with E-state index in [1.54, 1.807) is 0 Å². The molecule has 2 aromatic carbocycles. The van der Waals surface area contributed by atoms with Crippen molar-refractivity contribution < 1.29 is 0 Å². The van der Waals surface area contributed by atoms with Gasteiger partial charge in [0.05, 0.1) is 6.04 Å². The largest absolute Gasteiger partial charge is 0.378 e. The minimum Gasteiger partial charge on any atom is -0.378 e. The molecule has 2 aromatic rings. The molecule has 2 nitrogen and oxygen atoms in total. The van der Waals surface area contributed by atoms with E-state index >= 15 is 0 Å². The van der Waals surface area contributed by atoms with E-state index in [2.05, 4.69) is 60.4 Å². The summed E-state index contributed by atoms with van der Waals surface area (Å²) in [5, 5.41) is 0. The summed E-state index contributed by atoms with van der Waals surface area (Å²) in [6.07, 6.45) is 1.06. The minimum atomic E-state index is -0.0536. The lowest BCUT2D eigenvalue weighted by molar-refractivity contribution is 0.869. The highest BCUT2D eigenvalue weighted by Crippen LogP contribution is 2.22. The van der Waals surface area contributed by atoms with Gasteiger partial charge in [-0.15, -0.1) is 0 Å². The van der Waals surface area contributed by atoms with Crippen LogP contribution in [0, 0.1) is 0 Å². The molecule has 0 aliphatic rings. The molecule has 0 heterocycles. The van der Waals surface area contributed by atoms with Crippen LogP contribution < -0.4 is 10.6 Å². The number of nitrogens with zero attached hydrogens (tertiary/aromatic N) is 1. The first-order chi connectivity index (χ1) is 9.11. The van der Waals surface area contributed by atoms with E-state index in [1.165, 1.54) is 11.3 Å². The molecular formula is C17H22N2. The van der Waals surface area contributed by atoms with Gasteiger partial charge in [0.1, 0.15) is 0 Å². The van der Waals surface area contributed by atoms with Crippen LogP contribution in [0.5, 0.6) is 0 Å². The SMILES string of the molecule is CCc1ccc(C(N)c2ccc(N(C)C)cc2)cc1. The van der Waals surface area contributed by atoms with Gasteiger partial charge in [0.15, 0.2) is 0 Å². The molecule has 2 N–H and O–H groups in total. The second-order valence-corrected chi connectivity index (χ2v) is 5.06. The van der Waals surface area contributed by atoms with Crippen molar-refractivity contribution in [2.75, 3.05) is 19.0 Å². The minimum absolute atomic E-state index is 0.0536. The smallest absolute Gasteiger partial charge is 0.0551 e. The first-order valence-electron chi connectivity index (χ1n) is 6.73. The van der Waals surface area contributed by atoms with Gasteiger partial charge in [-0.2, -0.15) is 0 Å². The predicted octanol–water partition coefficient (Wildman–Crippen LogP) is 3.36. The molecule has 0 radical (unpaired) electrons. The number of aryl methyl sites for hydroxylation is 1. The number of anilines is 1. The van der Waals surface area contributed by atoms with Crippen LogP contribution in [0.15, 0.2) is 48.5 Å². The van der Waals surface area contributed by atoms with Crippen LogP contribution in [-0.4, -0.2) is 14.1 Å². The Kier molecular flexibility index (Phi) is 4.23. The molecule has 0 spiro atoms. The summed E-state index contributed by atoms with van der Waals surface area (Å²) in [5.41, 5.74) is 11.2. The zero-order valence-electron chi connectivity index (χ0n) is 11.9. The lowest BCUT2D eigenvalue weighted by atomic mass is 9.98. The summed E-state index contributed by atoms with van der Waals surface area (Å²) in [4.78, 5) is 2.09. The first-order valence-corrected chi connectivity index (χ1v) is 6.73. The Morgan fingerprint density at radius 2 is 1.37 bits per heavy atom. The molecule has 2 heteroatoms. The summed E-state index contributed by atoms with van der Waals surface area (Å²) in [7, 11) is 4.08. The van der Waals surface area contributed by atoms with Crippen LogP contribution in [0.2, 0.25) is 0 Å².